The van der Waals surface area contributed by atoms with E-state index in [1.165, 1.54) is 0 Å². The van der Waals surface area contributed by atoms with Gasteiger partial charge in [0.05, 0.1) is 31.1 Å². The van der Waals surface area contributed by atoms with Crippen molar-refractivity contribution in [2.24, 2.45) is 7.05 Å². The van der Waals surface area contributed by atoms with Gasteiger partial charge in [-0.2, -0.15) is 10.2 Å². The van der Waals surface area contributed by atoms with E-state index < -0.39 is 0 Å². The fourth-order valence-electron chi connectivity index (χ4n) is 4.35. The zero-order valence-electron chi connectivity index (χ0n) is 17.8. The first-order valence-electron chi connectivity index (χ1n) is 10.7. The molecule has 9 heteroatoms. The second-order valence-corrected chi connectivity index (χ2v) is 8.17. The average molecular weight is 415 g/mol. The van der Waals surface area contributed by atoms with Gasteiger partial charge >= 0.3 is 0 Å². The predicted octanol–water partition coefficient (Wildman–Crippen LogP) is 0.642. The molecule has 1 atom stereocenters. The third-order valence-electron chi connectivity index (χ3n) is 5.99. The molecule has 4 heterocycles. The molecule has 162 valence electrons. The Morgan fingerprint density at radius 2 is 2.13 bits per heavy atom. The Balaban J connectivity index is 1.36. The van der Waals surface area contributed by atoms with Crippen molar-refractivity contribution in [2.45, 2.75) is 51.8 Å². The fraction of sp³-hybridized carbons (Fsp3) is 0.619. The van der Waals surface area contributed by atoms with Gasteiger partial charge in [0, 0.05) is 44.2 Å². The monoisotopic (exact) mass is 414 g/mol. The third kappa shape index (κ3) is 4.62. The normalized spacial score (nSPS) is 19.5. The molecule has 1 unspecified atom stereocenters. The first-order chi connectivity index (χ1) is 14.5. The number of aromatic nitrogens is 4. The van der Waals surface area contributed by atoms with Gasteiger partial charge in [-0.05, 0) is 32.4 Å². The standard InChI is InChI=1S/C21H30N6O3/c1-15-11-19(25(2)23-15)21(29)22-13-17-5-3-4-7-26(17)8-9-27-20(28)12-16-14-30-10-6-18(16)24-27/h11-12,17H,3-10,13-14H2,1-2H3,(H,22,29). The summed E-state index contributed by atoms with van der Waals surface area (Å²) in [5.41, 5.74) is 3.20. The van der Waals surface area contributed by atoms with Crippen LogP contribution in [-0.4, -0.2) is 62.7 Å². The summed E-state index contributed by atoms with van der Waals surface area (Å²) >= 11 is 0. The fourth-order valence-corrected chi connectivity index (χ4v) is 4.35. The number of likely N-dealkylation sites (tertiary alicyclic amines) is 1. The van der Waals surface area contributed by atoms with Crippen molar-refractivity contribution in [2.75, 3.05) is 26.2 Å². The first kappa shape index (κ1) is 20.7. The van der Waals surface area contributed by atoms with E-state index in [2.05, 4.69) is 20.4 Å². The number of rotatable bonds is 6. The highest BCUT2D eigenvalue weighted by Crippen LogP contribution is 2.17. The highest BCUT2D eigenvalue weighted by atomic mass is 16.5. The molecule has 1 fully saturated rings. The van der Waals surface area contributed by atoms with Crippen LogP contribution in [0.3, 0.4) is 0 Å². The number of carbonyl (C=O) groups excluding carboxylic acids is 1. The van der Waals surface area contributed by atoms with Crippen molar-refractivity contribution < 1.29 is 9.53 Å². The number of nitrogens with zero attached hydrogens (tertiary/aromatic N) is 5. The van der Waals surface area contributed by atoms with E-state index in [0.29, 0.717) is 32.0 Å². The van der Waals surface area contributed by atoms with E-state index in [-0.39, 0.29) is 17.5 Å². The van der Waals surface area contributed by atoms with E-state index in [1.54, 1.807) is 28.5 Å². The lowest BCUT2D eigenvalue weighted by Gasteiger charge is -2.35. The Labute approximate surface area is 176 Å². The molecule has 0 radical (unpaired) electrons. The van der Waals surface area contributed by atoms with Crippen molar-refractivity contribution in [1.82, 2.24) is 29.8 Å². The maximum Gasteiger partial charge on any atom is 0.269 e. The molecule has 0 aromatic carbocycles. The smallest absolute Gasteiger partial charge is 0.269 e. The van der Waals surface area contributed by atoms with Crippen molar-refractivity contribution >= 4 is 5.91 Å². The average Bonchev–Trinajstić information content (AvgIpc) is 3.09. The van der Waals surface area contributed by atoms with Crippen molar-refractivity contribution in [3.8, 4) is 0 Å². The molecule has 30 heavy (non-hydrogen) atoms. The number of hydrogen-bond donors (Lipinski definition) is 1. The number of aryl methyl sites for hydroxylation is 2. The quantitative estimate of drug-likeness (QED) is 0.746. The van der Waals surface area contributed by atoms with Crippen molar-refractivity contribution in [3.05, 3.63) is 45.1 Å². The van der Waals surface area contributed by atoms with Crippen LogP contribution in [0, 0.1) is 6.92 Å². The van der Waals surface area contributed by atoms with Crippen molar-refractivity contribution in [3.63, 3.8) is 0 Å². The highest BCUT2D eigenvalue weighted by Gasteiger charge is 2.24. The van der Waals surface area contributed by atoms with E-state index in [0.717, 1.165) is 55.7 Å². The molecule has 1 saturated heterocycles. The maximum atomic E-state index is 12.5. The molecule has 1 amide bonds. The summed E-state index contributed by atoms with van der Waals surface area (Å²) in [7, 11) is 1.78. The summed E-state index contributed by atoms with van der Waals surface area (Å²) in [6.07, 6.45) is 4.07. The summed E-state index contributed by atoms with van der Waals surface area (Å²) in [6, 6.07) is 3.72. The van der Waals surface area contributed by atoms with Crippen LogP contribution in [0.25, 0.3) is 0 Å². The Bertz CT molecular complexity index is 966. The second kappa shape index (κ2) is 9.09. The van der Waals surface area contributed by atoms with Gasteiger partial charge in [0.1, 0.15) is 5.69 Å². The Kier molecular flexibility index (Phi) is 6.29. The number of amides is 1. The minimum atomic E-state index is -0.0987. The molecule has 1 N–H and O–H groups in total. The summed E-state index contributed by atoms with van der Waals surface area (Å²) in [4.78, 5) is 27.3. The number of piperidine rings is 1. The molecule has 9 nitrogen and oxygen atoms in total. The molecule has 2 aliphatic heterocycles. The lowest BCUT2D eigenvalue weighted by Crippen LogP contribution is -2.48. The van der Waals surface area contributed by atoms with Gasteiger partial charge in [-0.15, -0.1) is 0 Å². The molecule has 2 aromatic rings. The van der Waals surface area contributed by atoms with E-state index in [4.69, 9.17) is 4.74 Å². The van der Waals surface area contributed by atoms with E-state index in [9.17, 15) is 9.59 Å². The summed E-state index contributed by atoms with van der Waals surface area (Å²) in [6.45, 7) is 5.87. The van der Waals surface area contributed by atoms with Crippen LogP contribution >= 0.6 is 0 Å². The minimum Gasteiger partial charge on any atom is -0.376 e. The zero-order chi connectivity index (χ0) is 21.1. The molecule has 0 saturated carbocycles. The molecular weight excluding hydrogens is 384 g/mol. The molecule has 0 aliphatic carbocycles. The van der Waals surface area contributed by atoms with Crippen LogP contribution in [0.15, 0.2) is 16.9 Å². The summed E-state index contributed by atoms with van der Waals surface area (Å²) in [5.74, 6) is -0.0987. The van der Waals surface area contributed by atoms with Crippen LogP contribution < -0.4 is 10.9 Å². The molecule has 4 rings (SSSR count). The van der Waals surface area contributed by atoms with Crippen LogP contribution in [-0.2, 0) is 31.4 Å². The van der Waals surface area contributed by atoms with Gasteiger partial charge in [-0.25, -0.2) is 4.68 Å². The minimum absolute atomic E-state index is 0.0762. The third-order valence-corrected chi connectivity index (χ3v) is 5.99. The van der Waals surface area contributed by atoms with E-state index >= 15 is 0 Å². The van der Waals surface area contributed by atoms with Crippen LogP contribution in [0.1, 0.15) is 46.7 Å². The van der Waals surface area contributed by atoms with Gasteiger partial charge in [-0.3, -0.25) is 19.2 Å². The maximum absolute atomic E-state index is 12.5. The highest BCUT2D eigenvalue weighted by molar-refractivity contribution is 5.92. The summed E-state index contributed by atoms with van der Waals surface area (Å²) < 4.78 is 8.60. The molecule has 0 spiro atoms. The number of fused-ring (bicyclic) bond motifs is 1. The molecule has 2 aliphatic rings. The van der Waals surface area contributed by atoms with Gasteiger partial charge in [0.15, 0.2) is 0 Å². The lowest BCUT2D eigenvalue weighted by atomic mass is 10.0. The number of carbonyl (C=O) groups is 1. The Hall–Kier alpha value is -2.52. The zero-order valence-corrected chi connectivity index (χ0v) is 17.8. The van der Waals surface area contributed by atoms with E-state index in [1.807, 2.05) is 6.92 Å². The first-order valence-corrected chi connectivity index (χ1v) is 10.7. The second-order valence-electron chi connectivity index (χ2n) is 8.17. The lowest BCUT2D eigenvalue weighted by molar-refractivity contribution is 0.0898. The van der Waals surface area contributed by atoms with Gasteiger partial charge in [-0.1, -0.05) is 6.42 Å². The number of ether oxygens (including phenoxy) is 1. The van der Waals surface area contributed by atoms with Gasteiger partial charge < -0.3 is 10.1 Å². The number of hydrogen-bond acceptors (Lipinski definition) is 6. The molecule has 2 aromatic heterocycles. The predicted molar refractivity (Wildman–Crippen MR) is 111 cm³/mol. The van der Waals surface area contributed by atoms with Crippen LogP contribution in [0.4, 0.5) is 0 Å². The topological polar surface area (TPSA) is 94.3 Å². The van der Waals surface area contributed by atoms with Gasteiger partial charge in [0.2, 0.25) is 0 Å². The van der Waals surface area contributed by atoms with Crippen LogP contribution in [0.2, 0.25) is 0 Å². The Morgan fingerprint density at radius 3 is 2.93 bits per heavy atom. The number of nitrogens with one attached hydrogen (secondary N) is 1. The largest absolute Gasteiger partial charge is 0.376 e. The van der Waals surface area contributed by atoms with Gasteiger partial charge in [0.25, 0.3) is 11.5 Å². The molecule has 0 bridgehead atoms. The molecular formula is C21H30N6O3. The summed E-state index contributed by atoms with van der Waals surface area (Å²) in [5, 5.41) is 11.9. The Morgan fingerprint density at radius 1 is 1.27 bits per heavy atom. The van der Waals surface area contributed by atoms with Crippen LogP contribution in [0.5, 0.6) is 0 Å². The van der Waals surface area contributed by atoms with Crippen molar-refractivity contribution in [1.29, 1.82) is 0 Å². The SMILES string of the molecule is Cc1cc(C(=O)NCC2CCCCN2CCn2nc3c(cc2=O)COCC3)n(C)n1.